The van der Waals surface area contributed by atoms with Crippen LogP contribution in [0.5, 0.6) is 0 Å². The molecule has 0 spiro atoms. The summed E-state index contributed by atoms with van der Waals surface area (Å²) in [5, 5.41) is 3.58. The van der Waals surface area contributed by atoms with Crippen molar-refractivity contribution in [2.75, 3.05) is 32.6 Å². The van der Waals surface area contributed by atoms with Crippen LogP contribution in [0.2, 0.25) is 0 Å². The van der Waals surface area contributed by atoms with E-state index in [0.717, 1.165) is 14.2 Å². The Morgan fingerprint density at radius 3 is 2.27 bits per heavy atom. The van der Waals surface area contributed by atoms with Gasteiger partial charge in [0.1, 0.15) is 22.1 Å². The van der Waals surface area contributed by atoms with Crippen LogP contribution in [0, 0.1) is 12.8 Å². The molecule has 1 N–H and O–H groups in total. The van der Waals surface area contributed by atoms with E-state index >= 15 is 0 Å². The number of aryl methyl sites for hydroxylation is 1. The molecule has 0 saturated carbocycles. The predicted molar refractivity (Wildman–Crippen MR) is 160 cm³/mol. The number of nitrogens with zero attached hydrogens (tertiary/aromatic N) is 4. The van der Waals surface area contributed by atoms with E-state index in [-0.39, 0.29) is 48.3 Å². The maximum absolute atomic E-state index is 14.4. The molecule has 45 heavy (non-hydrogen) atoms. The first-order valence-electron chi connectivity index (χ1n) is 14.3. The van der Waals surface area contributed by atoms with Gasteiger partial charge in [-0.1, -0.05) is 23.5 Å². The average molecular weight is 658 g/mol. The van der Waals surface area contributed by atoms with Gasteiger partial charge in [0.05, 0.1) is 16.9 Å². The van der Waals surface area contributed by atoms with Gasteiger partial charge in [0.15, 0.2) is 6.04 Å². The molecule has 2 amide bonds. The molecular formula is C30H36F5N5O4S. The summed E-state index contributed by atoms with van der Waals surface area (Å²) in [6.07, 6.45) is -8.05. The van der Waals surface area contributed by atoms with Crippen LogP contribution in [0.3, 0.4) is 0 Å². The highest BCUT2D eigenvalue weighted by Gasteiger charge is 2.46. The average Bonchev–Trinajstić information content (AvgIpc) is 3.33. The molecule has 0 bridgehead atoms. The Kier molecular flexibility index (Phi) is 10.2. The third-order valence-corrected chi connectivity index (χ3v) is 8.26. The number of amides is 2. The molecule has 1 aromatic carbocycles. The van der Waals surface area contributed by atoms with Crippen LogP contribution in [0.1, 0.15) is 61.9 Å². The number of hydrogen-bond donors (Lipinski definition) is 1. The molecule has 15 heteroatoms. The largest absolute Gasteiger partial charge is 0.444 e. The number of thiazole rings is 1. The summed E-state index contributed by atoms with van der Waals surface area (Å²) in [5.74, 6) is -1.37. The minimum absolute atomic E-state index is 0.0853. The molecule has 0 radical (unpaired) electrons. The smallest absolute Gasteiger partial charge is 0.413 e. The van der Waals surface area contributed by atoms with Crippen LogP contribution in [-0.4, -0.2) is 77.2 Å². The Labute approximate surface area is 261 Å². The number of aromatic nitrogens is 2. The van der Waals surface area contributed by atoms with Gasteiger partial charge in [-0.25, -0.2) is 23.5 Å². The van der Waals surface area contributed by atoms with Crippen molar-refractivity contribution in [3.8, 4) is 0 Å². The van der Waals surface area contributed by atoms with Crippen molar-refractivity contribution < 1.29 is 41.0 Å². The highest BCUT2D eigenvalue weighted by atomic mass is 32.1. The summed E-state index contributed by atoms with van der Waals surface area (Å²) in [4.78, 5) is 36.9. The molecule has 9 nitrogen and oxygen atoms in total. The zero-order valence-electron chi connectivity index (χ0n) is 25.7. The Morgan fingerprint density at radius 2 is 1.73 bits per heavy atom. The Balaban J connectivity index is 1.52. The zero-order chi connectivity index (χ0) is 33.3. The first kappa shape index (κ1) is 34.3. The minimum Gasteiger partial charge on any atom is -0.444 e. The zero-order valence-corrected chi connectivity index (χ0v) is 26.6. The highest BCUT2D eigenvalue weighted by molar-refractivity contribution is 7.18. The van der Waals surface area contributed by atoms with Crippen LogP contribution >= 0.6 is 11.3 Å². The van der Waals surface area contributed by atoms with E-state index in [2.05, 4.69) is 15.3 Å². The quantitative estimate of drug-likeness (QED) is 0.252. The number of piperidine rings is 1. The maximum Gasteiger partial charge on any atom is 0.413 e. The molecule has 0 unspecified atom stereocenters. The molecule has 4 rings (SSSR count). The fourth-order valence-corrected chi connectivity index (χ4v) is 6.10. The molecule has 1 aliphatic rings. The maximum atomic E-state index is 14.4. The number of hydrogen-bond acceptors (Lipinski definition) is 8. The number of ether oxygens (including phenoxy) is 2. The van der Waals surface area contributed by atoms with Gasteiger partial charge in [-0.3, -0.25) is 4.79 Å². The van der Waals surface area contributed by atoms with Gasteiger partial charge in [-0.2, -0.15) is 13.2 Å². The van der Waals surface area contributed by atoms with Gasteiger partial charge in [0, 0.05) is 44.4 Å². The van der Waals surface area contributed by atoms with Gasteiger partial charge < -0.3 is 24.6 Å². The van der Waals surface area contributed by atoms with Crippen LogP contribution in [0.25, 0.3) is 10.3 Å². The molecular weight excluding hydrogens is 621 g/mol. The lowest BCUT2D eigenvalue weighted by molar-refractivity contribution is -0.191. The van der Waals surface area contributed by atoms with E-state index in [1.165, 1.54) is 46.7 Å². The number of anilines is 2. The van der Waals surface area contributed by atoms with Gasteiger partial charge in [-0.05, 0) is 58.2 Å². The van der Waals surface area contributed by atoms with Crippen molar-refractivity contribution in [2.24, 2.45) is 5.92 Å². The second-order valence-corrected chi connectivity index (χ2v) is 13.0. The number of methoxy groups -OCH3 is 1. The molecule has 2 aromatic heterocycles. The summed E-state index contributed by atoms with van der Waals surface area (Å²) in [5.41, 5.74) is -0.0593. The van der Waals surface area contributed by atoms with E-state index in [0.29, 0.717) is 20.4 Å². The van der Waals surface area contributed by atoms with Gasteiger partial charge >= 0.3 is 12.3 Å². The van der Waals surface area contributed by atoms with E-state index in [4.69, 9.17) is 9.47 Å². The van der Waals surface area contributed by atoms with Crippen molar-refractivity contribution in [1.82, 2.24) is 19.8 Å². The van der Waals surface area contributed by atoms with Crippen LogP contribution in [0.15, 0.2) is 30.5 Å². The summed E-state index contributed by atoms with van der Waals surface area (Å²) >= 11 is 1.23. The van der Waals surface area contributed by atoms with E-state index < -0.39 is 48.3 Å². The SMILES string of the molecule is CO[C@@H](c1c(Nc2ccc([C@H](N(C)C(=O)C3CCN(C(=O)OC(C)(C)C)CC3)C(F)(F)F)cc2)cnc2sc(C)nc12)C(F)F. The van der Waals surface area contributed by atoms with Crippen molar-refractivity contribution in [3.05, 3.63) is 46.6 Å². The Morgan fingerprint density at radius 1 is 1.11 bits per heavy atom. The number of pyridine rings is 1. The number of nitrogens with one attached hydrogen (secondary N) is 1. The van der Waals surface area contributed by atoms with E-state index in [9.17, 15) is 31.5 Å². The Hall–Kier alpha value is -3.59. The lowest BCUT2D eigenvalue weighted by Crippen LogP contribution is -2.47. The van der Waals surface area contributed by atoms with Crippen molar-refractivity contribution >= 4 is 45.1 Å². The molecule has 2 atom stereocenters. The molecule has 1 saturated heterocycles. The fraction of sp³-hybridized carbons (Fsp3) is 0.533. The highest BCUT2D eigenvalue weighted by Crippen LogP contribution is 2.41. The van der Waals surface area contributed by atoms with Crippen LogP contribution < -0.4 is 5.32 Å². The molecule has 246 valence electrons. The van der Waals surface area contributed by atoms with Crippen molar-refractivity contribution in [3.63, 3.8) is 0 Å². The molecule has 1 aliphatic heterocycles. The Bertz CT molecular complexity index is 1500. The monoisotopic (exact) mass is 657 g/mol. The van der Waals surface area contributed by atoms with Gasteiger partial charge in [0.2, 0.25) is 5.91 Å². The first-order chi connectivity index (χ1) is 21.0. The lowest BCUT2D eigenvalue weighted by atomic mass is 9.94. The van der Waals surface area contributed by atoms with Crippen LogP contribution in [-0.2, 0) is 14.3 Å². The molecule has 1 fully saturated rings. The topological polar surface area (TPSA) is 96.9 Å². The van der Waals surface area contributed by atoms with Gasteiger partial charge in [-0.15, -0.1) is 0 Å². The summed E-state index contributed by atoms with van der Waals surface area (Å²) in [7, 11) is 2.27. The molecule has 0 aliphatic carbocycles. The summed E-state index contributed by atoms with van der Waals surface area (Å²) in [6, 6.07) is 2.97. The van der Waals surface area contributed by atoms with Crippen molar-refractivity contribution in [1.29, 1.82) is 0 Å². The minimum atomic E-state index is -4.79. The standard InChI is InChI=1S/C30H36F5N5O4S/c1-16-37-22-21(23(43-6)25(31)32)20(15-36-26(22)45-16)38-19-9-7-17(8-10-19)24(30(33,34)35)39(5)27(41)18-11-13-40(14-12-18)28(42)44-29(2,3)4/h7-10,15,18,23-25,38H,11-14H2,1-6H3/t23-,24-/m0/s1. The number of rotatable bonds is 8. The second-order valence-electron chi connectivity index (χ2n) is 11.8. The number of halogens is 5. The van der Waals surface area contributed by atoms with Crippen LogP contribution in [0.4, 0.5) is 38.1 Å². The van der Waals surface area contributed by atoms with Crippen molar-refractivity contribution in [2.45, 2.75) is 70.9 Å². The number of carbonyl (C=O) groups excluding carboxylic acids is 2. The number of likely N-dealkylation sites (tertiary alicyclic amines) is 1. The number of carbonyl (C=O) groups is 2. The second kappa shape index (κ2) is 13.4. The third-order valence-electron chi connectivity index (χ3n) is 7.39. The van der Waals surface area contributed by atoms with E-state index in [1.807, 2.05) is 0 Å². The third kappa shape index (κ3) is 7.98. The van der Waals surface area contributed by atoms with Gasteiger partial charge in [0.25, 0.3) is 6.43 Å². The summed E-state index contributed by atoms with van der Waals surface area (Å²) in [6.45, 7) is 7.30. The molecule has 3 heterocycles. The summed E-state index contributed by atoms with van der Waals surface area (Å²) < 4.78 is 81.4. The lowest BCUT2D eigenvalue weighted by Gasteiger charge is -2.37. The van der Waals surface area contributed by atoms with E-state index in [1.54, 1.807) is 27.7 Å². The first-order valence-corrected chi connectivity index (χ1v) is 15.1. The number of benzene rings is 1. The normalized spacial score (nSPS) is 16.1. The molecule has 3 aromatic rings. The predicted octanol–water partition coefficient (Wildman–Crippen LogP) is 7.40. The fourth-order valence-electron chi connectivity index (χ4n) is 5.32. The number of alkyl halides is 5. The number of fused-ring (bicyclic) bond motifs is 1.